The number of para-hydroxylation sites is 1. The summed E-state index contributed by atoms with van der Waals surface area (Å²) in [4.78, 5) is 19.1. The van der Waals surface area contributed by atoms with E-state index >= 15 is 0 Å². The number of ether oxygens (including phenoxy) is 1. The highest BCUT2D eigenvalue weighted by atomic mass is 16.5. The average Bonchev–Trinajstić information content (AvgIpc) is 2.71. The first-order valence-electron chi connectivity index (χ1n) is 9.42. The molecule has 2 aromatic carbocycles. The van der Waals surface area contributed by atoms with Crippen LogP contribution in [-0.4, -0.2) is 23.5 Å². The number of hydrogen-bond donors (Lipinski definition) is 1. The van der Waals surface area contributed by atoms with Gasteiger partial charge in [-0.25, -0.2) is 0 Å². The quantitative estimate of drug-likeness (QED) is 0.610. The van der Waals surface area contributed by atoms with E-state index in [1.807, 2.05) is 74.5 Å². The lowest BCUT2D eigenvalue weighted by Gasteiger charge is -2.23. The number of benzene rings is 2. The maximum absolute atomic E-state index is 12.7. The molecule has 28 heavy (non-hydrogen) atoms. The molecule has 0 saturated heterocycles. The standard InChI is InChI=1S/C23H25N3O2/c1-4-26(20-8-6-5-7-9-20)21-14-18(15-24-16-21)23(27)25-19-10-12-22(13-11-19)28-17(2)3/h5-17H,4H2,1-3H3,(H,25,27). The lowest BCUT2D eigenvalue weighted by atomic mass is 10.2. The van der Waals surface area contributed by atoms with Crippen molar-refractivity contribution in [2.75, 3.05) is 16.8 Å². The van der Waals surface area contributed by atoms with Crippen LogP contribution in [0.1, 0.15) is 31.1 Å². The Balaban J connectivity index is 1.75. The highest BCUT2D eigenvalue weighted by molar-refractivity contribution is 6.04. The van der Waals surface area contributed by atoms with Crippen molar-refractivity contribution in [1.82, 2.24) is 4.98 Å². The Hall–Kier alpha value is -3.34. The van der Waals surface area contributed by atoms with Gasteiger partial charge >= 0.3 is 0 Å². The van der Waals surface area contributed by atoms with Gasteiger partial charge in [0.2, 0.25) is 0 Å². The lowest BCUT2D eigenvalue weighted by molar-refractivity contribution is 0.102. The minimum Gasteiger partial charge on any atom is -0.491 e. The normalized spacial score (nSPS) is 10.6. The first kappa shape index (κ1) is 19.4. The van der Waals surface area contributed by atoms with Crippen molar-refractivity contribution in [2.45, 2.75) is 26.9 Å². The summed E-state index contributed by atoms with van der Waals surface area (Å²) in [6, 6.07) is 19.3. The van der Waals surface area contributed by atoms with Crippen LogP contribution in [0.2, 0.25) is 0 Å². The Labute approximate surface area is 166 Å². The molecular weight excluding hydrogens is 350 g/mol. The van der Waals surface area contributed by atoms with Gasteiger partial charge in [-0.2, -0.15) is 0 Å². The summed E-state index contributed by atoms with van der Waals surface area (Å²) in [7, 11) is 0. The fourth-order valence-electron chi connectivity index (χ4n) is 2.91. The van der Waals surface area contributed by atoms with E-state index in [-0.39, 0.29) is 12.0 Å². The molecule has 0 aliphatic rings. The van der Waals surface area contributed by atoms with Crippen LogP contribution < -0.4 is 15.0 Å². The Morgan fingerprint density at radius 1 is 1.04 bits per heavy atom. The number of carbonyl (C=O) groups is 1. The zero-order valence-electron chi connectivity index (χ0n) is 16.4. The summed E-state index contributed by atoms with van der Waals surface area (Å²) in [6.07, 6.45) is 3.46. The fourth-order valence-corrected chi connectivity index (χ4v) is 2.91. The van der Waals surface area contributed by atoms with Crippen LogP contribution >= 0.6 is 0 Å². The van der Waals surface area contributed by atoms with E-state index < -0.39 is 0 Å². The van der Waals surface area contributed by atoms with Crippen molar-refractivity contribution in [3.05, 3.63) is 78.6 Å². The molecule has 0 aliphatic carbocycles. The molecular formula is C23H25N3O2. The summed E-state index contributed by atoms with van der Waals surface area (Å²) in [6.45, 7) is 6.80. The topological polar surface area (TPSA) is 54.5 Å². The Kier molecular flexibility index (Phi) is 6.27. The van der Waals surface area contributed by atoms with Gasteiger partial charge in [0.15, 0.2) is 0 Å². The van der Waals surface area contributed by atoms with Gasteiger partial charge in [-0.3, -0.25) is 9.78 Å². The van der Waals surface area contributed by atoms with Crippen LogP contribution in [0.3, 0.4) is 0 Å². The molecule has 5 heteroatoms. The molecule has 5 nitrogen and oxygen atoms in total. The Morgan fingerprint density at radius 3 is 2.39 bits per heavy atom. The number of amides is 1. The Bertz CT molecular complexity index is 909. The minimum atomic E-state index is -0.198. The van der Waals surface area contributed by atoms with E-state index in [1.165, 1.54) is 0 Å². The molecule has 1 aromatic heterocycles. The third kappa shape index (κ3) is 4.88. The number of anilines is 3. The maximum atomic E-state index is 12.7. The molecule has 0 atom stereocenters. The van der Waals surface area contributed by atoms with Gasteiger partial charge in [0, 0.05) is 24.1 Å². The second-order valence-corrected chi connectivity index (χ2v) is 6.66. The molecule has 0 radical (unpaired) electrons. The number of carbonyl (C=O) groups excluding carboxylic acids is 1. The summed E-state index contributed by atoms with van der Waals surface area (Å²) in [5, 5.41) is 2.91. The average molecular weight is 375 g/mol. The lowest BCUT2D eigenvalue weighted by Crippen LogP contribution is -2.18. The predicted octanol–water partition coefficient (Wildman–Crippen LogP) is 5.28. The molecule has 1 heterocycles. The van der Waals surface area contributed by atoms with Crippen molar-refractivity contribution in [3.8, 4) is 5.75 Å². The molecule has 0 aliphatic heterocycles. The van der Waals surface area contributed by atoms with Crippen molar-refractivity contribution in [2.24, 2.45) is 0 Å². The summed E-state index contributed by atoms with van der Waals surface area (Å²) >= 11 is 0. The highest BCUT2D eigenvalue weighted by Crippen LogP contribution is 2.25. The van der Waals surface area contributed by atoms with Gasteiger partial charge in [0.25, 0.3) is 5.91 Å². The van der Waals surface area contributed by atoms with Crippen LogP contribution in [0, 0.1) is 0 Å². The second kappa shape index (κ2) is 9.04. The van der Waals surface area contributed by atoms with E-state index in [4.69, 9.17) is 4.74 Å². The van der Waals surface area contributed by atoms with Crippen molar-refractivity contribution < 1.29 is 9.53 Å². The van der Waals surface area contributed by atoms with Crippen molar-refractivity contribution in [3.63, 3.8) is 0 Å². The van der Waals surface area contributed by atoms with Gasteiger partial charge in [-0.05, 0) is 63.2 Å². The molecule has 0 unspecified atom stereocenters. The molecule has 144 valence electrons. The highest BCUT2D eigenvalue weighted by Gasteiger charge is 2.12. The zero-order chi connectivity index (χ0) is 19.9. The van der Waals surface area contributed by atoms with Gasteiger partial charge < -0.3 is 15.0 Å². The number of hydrogen-bond acceptors (Lipinski definition) is 4. The third-order valence-corrected chi connectivity index (χ3v) is 4.17. The molecule has 0 spiro atoms. The first-order valence-corrected chi connectivity index (χ1v) is 9.42. The number of pyridine rings is 1. The van der Waals surface area contributed by atoms with Gasteiger partial charge in [-0.15, -0.1) is 0 Å². The monoisotopic (exact) mass is 375 g/mol. The van der Waals surface area contributed by atoms with E-state index in [0.717, 1.165) is 23.7 Å². The van der Waals surface area contributed by atoms with Crippen LogP contribution in [0.4, 0.5) is 17.1 Å². The molecule has 0 saturated carbocycles. The number of nitrogens with zero attached hydrogens (tertiary/aromatic N) is 2. The zero-order valence-corrected chi connectivity index (χ0v) is 16.4. The number of rotatable bonds is 7. The smallest absolute Gasteiger partial charge is 0.257 e. The van der Waals surface area contributed by atoms with Crippen LogP contribution in [-0.2, 0) is 0 Å². The number of aromatic nitrogens is 1. The fraction of sp³-hybridized carbons (Fsp3) is 0.217. The van der Waals surface area contributed by atoms with Gasteiger partial charge in [0.1, 0.15) is 5.75 Å². The SMILES string of the molecule is CCN(c1ccccc1)c1cncc(C(=O)Nc2ccc(OC(C)C)cc2)c1. The third-order valence-electron chi connectivity index (χ3n) is 4.17. The predicted molar refractivity (Wildman–Crippen MR) is 114 cm³/mol. The van der Waals surface area contributed by atoms with Gasteiger partial charge in [0.05, 0.1) is 23.6 Å². The number of nitrogens with one attached hydrogen (secondary N) is 1. The second-order valence-electron chi connectivity index (χ2n) is 6.66. The Morgan fingerprint density at radius 2 is 1.75 bits per heavy atom. The molecule has 0 fully saturated rings. The van der Waals surface area contributed by atoms with Crippen LogP contribution in [0.15, 0.2) is 73.1 Å². The molecule has 0 bridgehead atoms. The van der Waals surface area contributed by atoms with Crippen molar-refractivity contribution in [1.29, 1.82) is 0 Å². The first-order chi connectivity index (χ1) is 13.6. The van der Waals surface area contributed by atoms with Crippen molar-refractivity contribution >= 4 is 23.0 Å². The van der Waals surface area contributed by atoms with Crippen LogP contribution in [0.25, 0.3) is 0 Å². The van der Waals surface area contributed by atoms with E-state index in [2.05, 4.69) is 22.1 Å². The molecule has 3 aromatic rings. The van der Waals surface area contributed by atoms with Gasteiger partial charge in [-0.1, -0.05) is 18.2 Å². The van der Waals surface area contributed by atoms with Crippen LogP contribution in [0.5, 0.6) is 5.75 Å². The molecule has 1 N–H and O–H groups in total. The largest absolute Gasteiger partial charge is 0.491 e. The minimum absolute atomic E-state index is 0.111. The summed E-state index contributed by atoms with van der Waals surface area (Å²) in [5.74, 6) is 0.578. The molecule has 1 amide bonds. The van der Waals surface area contributed by atoms with E-state index in [1.54, 1.807) is 12.4 Å². The molecule has 3 rings (SSSR count). The summed E-state index contributed by atoms with van der Waals surface area (Å²) in [5.41, 5.74) is 3.16. The maximum Gasteiger partial charge on any atom is 0.257 e. The summed E-state index contributed by atoms with van der Waals surface area (Å²) < 4.78 is 5.63. The van der Waals surface area contributed by atoms with E-state index in [0.29, 0.717) is 11.3 Å². The van der Waals surface area contributed by atoms with E-state index in [9.17, 15) is 4.79 Å².